The molecule has 0 radical (unpaired) electrons. The normalized spacial score (nSPS) is 12.0. The molecule has 2 aromatic heterocycles. The third-order valence-corrected chi connectivity index (χ3v) is 6.26. The minimum absolute atomic E-state index is 0.125. The van der Waals surface area contributed by atoms with Crippen molar-refractivity contribution in [2.24, 2.45) is 0 Å². The van der Waals surface area contributed by atoms with Crippen molar-refractivity contribution < 1.29 is 4.79 Å². The summed E-state index contributed by atoms with van der Waals surface area (Å²) in [4.78, 5) is 26.6. The number of fused-ring (bicyclic) bond motifs is 1. The highest BCUT2D eigenvalue weighted by Crippen LogP contribution is 2.26. The number of nitrogens with zero attached hydrogens (tertiary/aromatic N) is 2. The second-order valence-electron chi connectivity index (χ2n) is 7.56. The number of unbranched alkanes of at least 4 members (excludes halogenated alkanes) is 1. The number of thiophene rings is 1. The van der Waals surface area contributed by atoms with E-state index in [1.54, 1.807) is 23.6 Å². The second-order valence-corrected chi connectivity index (χ2v) is 8.53. The maximum absolute atomic E-state index is 12.9. The zero-order valence-corrected chi connectivity index (χ0v) is 18.3. The van der Waals surface area contributed by atoms with Crippen LogP contribution >= 0.6 is 11.3 Å². The van der Waals surface area contributed by atoms with Crippen molar-refractivity contribution in [2.45, 2.75) is 38.8 Å². The van der Waals surface area contributed by atoms with Crippen LogP contribution in [0.25, 0.3) is 10.8 Å². The van der Waals surface area contributed by atoms with Gasteiger partial charge in [-0.2, -0.15) is 5.10 Å². The molecule has 4 rings (SSSR count). The lowest BCUT2D eigenvalue weighted by Crippen LogP contribution is -2.35. The van der Waals surface area contributed by atoms with Gasteiger partial charge in [-0.25, -0.2) is 4.68 Å². The summed E-state index contributed by atoms with van der Waals surface area (Å²) < 4.78 is 1.22. The minimum atomic E-state index is -0.263. The van der Waals surface area contributed by atoms with E-state index in [4.69, 9.17) is 0 Å². The Morgan fingerprint density at radius 3 is 2.65 bits per heavy atom. The van der Waals surface area contributed by atoms with Crippen LogP contribution in [-0.4, -0.2) is 15.7 Å². The number of amides is 1. The molecule has 2 heterocycles. The van der Waals surface area contributed by atoms with E-state index in [-0.39, 0.29) is 24.1 Å². The van der Waals surface area contributed by atoms with Crippen LogP contribution in [-0.2, 0) is 17.8 Å². The monoisotopic (exact) mass is 431 g/mol. The molecule has 0 bridgehead atoms. The van der Waals surface area contributed by atoms with Crippen molar-refractivity contribution in [3.63, 3.8) is 0 Å². The quantitative estimate of drug-likeness (QED) is 0.440. The van der Waals surface area contributed by atoms with E-state index in [0.717, 1.165) is 35.1 Å². The number of benzene rings is 2. The van der Waals surface area contributed by atoms with Gasteiger partial charge in [0.2, 0.25) is 5.91 Å². The smallest absolute Gasteiger partial charge is 0.275 e. The van der Waals surface area contributed by atoms with Crippen molar-refractivity contribution in [2.75, 3.05) is 0 Å². The summed E-state index contributed by atoms with van der Waals surface area (Å²) in [6.07, 6.45) is 5.01. The van der Waals surface area contributed by atoms with Crippen LogP contribution in [0.15, 0.2) is 77.0 Å². The van der Waals surface area contributed by atoms with E-state index in [1.165, 1.54) is 10.2 Å². The molecule has 2 aromatic carbocycles. The molecule has 0 aliphatic heterocycles. The minimum Gasteiger partial charge on any atom is -0.343 e. The summed E-state index contributed by atoms with van der Waals surface area (Å²) in [5.41, 5.74) is 2.06. The lowest BCUT2D eigenvalue weighted by atomic mass is 10.0. The molecule has 0 saturated heterocycles. The van der Waals surface area contributed by atoms with Gasteiger partial charge in [0.05, 0.1) is 17.6 Å². The number of nitrogens with one attached hydrogen (secondary N) is 1. The molecule has 6 heteroatoms. The van der Waals surface area contributed by atoms with E-state index in [1.807, 2.05) is 35.7 Å². The summed E-state index contributed by atoms with van der Waals surface area (Å²) in [5, 5.41) is 10.6. The lowest BCUT2D eigenvalue weighted by molar-refractivity contribution is -0.122. The van der Waals surface area contributed by atoms with E-state index in [9.17, 15) is 9.59 Å². The summed E-state index contributed by atoms with van der Waals surface area (Å²) in [5.74, 6) is -0.252. The molecule has 0 saturated carbocycles. The number of aryl methyl sites for hydroxylation is 1. The van der Waals surface area contributed by atoms with Crippen molar-refractivity contribution in [1.29, 1.82) is 0 Å². The SMILES string of the molecule is CCCCc1ccc(C(NC(=O)Cn2ncc3ccccc3c2=O)c2cccs2)cc1. The lowest BCUT2D eigenvalue weighted by Gasteiger charge is -2.19. The Balaban J connectivity index is 1.54. The summed E-state index contributed by atoms with van der Waals surface area (Å²) in [6, 6.07) is 19.4. The molecular weight excluding hydrogens is 406 g/mol. The van der Waals surface area contributed by atoms with Crippen molar-refractivity contribution >= 4 is 28.0 Å². The first-order valence-electron chi connectivity index (χ1n) is 10.5. The number of hydrogen-bond acceptors (Lipinski definition) is 4. The largest absolute Gasteiger partial charge is 0.343 e. The van der Waals surface area contributed by atoms with Gasteiger partial charge in [-0.3, -0.25) is 9.59 Å². The highest BCUT2D eigenvalue weighted by atomic mass is 32.1. The number of carbonyl (C=O) groups excluding carboxylic acids is 1. The Morgan fingerprint density at radius 1 is 1.10 bits per heavy atom. The molecule has 0 aliphatic rings. The molecule has 31 heavy (non-hydrogen) atoms. The summed E-state index contributed by atoms with van der Waals surface area (Å²) >= 11 is 1.60. The second kappa shape index (κ2) is 9.71. The average Bonchev–Trinajstić information content (AvgIpc) is 3.33. The first-order chi connectivity index (χ1) is 15.2. The van der Waals surface area contributed by atoms with Gasteiger partial charge in [0.1, 0.15) is 6.54 Å². The van der Waals surface area contributed by atoms with Crippen LogP contribution < -0.4 is 10.9 Å². The van der Waals surface area contributed by atoms with Gasteiger partial charge in [-0.15, -0.1) is 11.3 Å². The van der Waals surface area contributed by atoms with Crippen LogP contribution in [0.2, 0.25) is 0 Å². The molecule has 1 atom stereocenters. The number of hydrogen-bond donors (Lipinski definition) is 1. The molecule has 4 aromatic rings. The Labute approximate surface area is 185 Å². The Kier molecular flexibility index (Phi) is 6.57. The molecule has 158 valence electrons. The van der Waals surface area contributed by atoms with Gasteiger partial charge >= 0.3 is 0 Å². The van der Waals surface area contributed by atoms with E-state index >= 15 is 0 Å². The maximum atomic E-state index is 12.9. The molecule has 1 N–H and O–H groups in total. The van der Waals surface area contributed by atoms with Gasteiger partial charge < -0.3 is 5.32 Å². The fraction of sp³-hybridized carbons (Fsp3) is 0.240. The van der Waals surface area contributed by atoms with Crippen LogP contribution in [0.3, 0.4) is 0 Å². The zero-order valence-electron chi connectivity index (χ0n) is 17.5. The Morgan fingerprint density at radius 2 is 1.90 bits per heavy atom. The van der Waals surface area contributed by atoms with Crippen LogP contribution in [0.1, 0.15) is 41.8 Å². The first kappa shape index (κ1) is 21.0. The van der Waals surface area contributed by atoms with Crippen molar-refractivity contribution in [1.82, 2.24) is 15.1 Å². The topological polar surface area (TPSA) is 64.0 Å². The third kappa shape index (κ3) is 4.91. The predicted octanol–water partition coefficient (Wildman–Crippen LogP) is 4.71. The fourth-order valence-electron chi connectivity index (χ4n) is 3.61. The molecule has 0 aliphatic carbocycles. The fourth-order valence-corrected chi connectivity index (χ4v) is 4.42. The Bertz CT molecular complexity index is 1210. The van der Waals surface area contributed by atoms with Gasteiger partial charge in [0.15, 0.2) is 0 Å². The van der Waals surface area contributed by atoms with E-state index < -0.39 is 0 Å². The predicted molar refractivity (Wildman–Crippen MR) is 125 cm³/mol. The van der Waals surface area contributed by atoms with Crippen molar-refractivity contribution in [3.05, 3.63) is 98.6 Å². The van der Waals surface area contributed by atoms with Crippen LogP contribution in [0.4, 0.5) is 0 Å². The van der Waals surface area contributed by atoms with Gasteiger partial charge in [-0.05, 0) is 41.5 Å². The number of rotatable bonds is 8. The summed E-state index contributed by atoms with van der Waals surface area (Å²) in [6.45, 7) is 2.06. The number of aromatic nitrogens is 2. The molecular formula is C25H25N3O2S. The standard InChI is InChI=1S/C25H25N3O2S/c1-2-3-7-18-11-13-19(14-12-18)24(22-10-6-15-31-22)27-23(29)17-28-25(30)21-9-5-4-8-20(21)16-26-28/h4-6,8-16,24H,2-3,7,17H2,1H3,(H,27,29). The number of carbonyl (C=O) groups is 1. The highest BCUT2D eigenvalue weighted by molar-refractivity contribution is 7.10. The average molecular weight is 432 g/mol. The van der Waals surface area contributed by atoms with E-state index in [2.05, 4.69) is 41.6 Å². The van der Waals surface area contributed by atoms with Gasteiger partial charge in [0, 0.05) is 10.3 Å². The first-order valence-corrected chi connectivity index (χ1v) is 11.4. The van der Waals surface area contributed by atoms with Crippen molar-refractivity contribution in [3.8, 4) is 0 Å². The summed E-state index contributed by atoms with van der Waals surface area (Å²) in [7, 11) is 0. The zero-order chi connectivity index (χ0) is 21.6. The van der Waals surface area contributed by atoms with E-state index in [0.29, 0.717) is 5.39 Å². The maximum Gasteiger partial charge on any atom is 0.275 e. The third-order valence-electron chi connectivity index (χ3n) is 5.32. The van der Waals surface area contributed by atoms with Crippen LogP contribution in [0, 0.1) is 0 Å². The van der Waals surface area contributed by atoms with Gasteiger partial charge in [-0.1, -0.05) is 61.9 Å². The molecule has 1 amide bonds. The molecule has 1 unspecified atom stereocenters. The highest BCUT2D eigenvalue weighted by Gasteiger charge is 2.19. The van der Waals surface area contributed by atoms with Gasteiger partial charge in [0.25, 0.3) is 5.56 Å². The molecule has 0 spiro atoms. The molecule has 5 nitrogen and oxygen atoms in total. The van der Waals surface area contributed by atoms with Crippen LogP contribution in [0.5, 0.6) is 0 Å². The molecule has 0 fully saturated rings. The Hall–Kier alpha value is -3.25.